The maximum atomic E-state index is 12.1. The van der Waals surface area contributed by atoms with Crippen LogP contribution in [-0.4, -0.2) is 34.2 Å². The van der Waals surface area contributed by atoms with Gasteiger partial charge in [0.05, 0.1) is 0 Å². The predicted octanol–water partition coefficient (Wildman–Crippen LogP) is 2.63. The molecule has 7 heteroatoms. The molecule has 0 spiro atoms. The average Bonchev–Trinajstić information content (AvgIpc) is 2.35. The molecule has 1 aromatic rings. The highest BCUT2D eigenvalue weighted by atomic mass is 16.6. The lowest BCUT2D eigenvalue weighted by molar-refractivity contribution is -0.143. The second-order valence-electron chi connectivity index (χ2n) is 6.59. The lowest BCUT2D eigenvalue weighted by Crippen LogP contribution is -2.49. The van der Waals surface area contributed by atoms with E-state index in [1.807, 2.05) is 0 Å². The summed E-state index contributed by atoms with van der Waals surface area (Å²) in [5, 5.41) is 14.0. The van der Waals surface area contributed by atoms with Crippen molar-refractivity contribution in [1.29, 1.82) is 0 Å². The van der Waals surface area contributed by atoms with Crippen LogP contribution in [0, 0.1) is 0 Å². The van der Waals surface area contributed by atoms with Gasteiger partial charge in [0.15, 0.2) is 0 Å². The molecular weight excluding hydrogens is 300 g/mol. The summed E-state index contributed by atoms with van der Waals surface area (Å²) in [4.78, 5) is 34.9. The second kappa shape index (κ2) is 6.68. The first-order valence-electron chi connectivity index (χ1n) is 7.07. The number of carboxylic acids is 1. The van der Waals surface area contributed by atoms with Gasteiger partial charge >= 0.3 is 12.1 Å². The molecule has 0 saturated heterocycles. The summed E-state index contributed by atoms with van der Waals surface area (Å²) in [6.07, 6.45) is -0.638. The fourth-order valence-corrected chi connectivity index (χ4v) is 1.57. The van der Waals surface area contributed by atoms with Crippen molar-refractivity contribution in [3.05, 3.63) is 29.8 Å². The van der Waals surface area contributed by atoms with Crippen molar-refractivity contribution in [2.45, 2.75) is 45.8 Å². The maximum Gasteiger partial charge on any atom is 0.412 e. The zero-order chi connectivity index (χ0) is 17.8. The predicted molar refractivity (Wildman–Crippen MR) is 85.5 cm³/mol. The third-order valence-electron chi connectivity index (χ3n) is 2.73. The Morgan fingerprint density at radius 3 is 2.22 bits per heavy atom. The molecule has 0 aliphatic heterocycles. The molecule has 2 amide bonds. The molecule has 0 aliphatic rings. The first-order chi connectivity index (χ1) is 10.4. The van der Waals surface area contributed by atoms with Gasteiger partial charge in [-0.2, -0.15) is 0 Å². The Morgan fingerprint density at radius 2 is 1.70 bits per heavy atom. The Kier molecular flexibility index (Phi) is 5.37. The summed E-state index contributed by atoms with van der Waals surface area (Å²) in [5.41, 5.74) is -1.43. The van der Waals surface area contributed by atoms with Gasteiger partial charge in [-0.15, -0.1) is 0 Å². The zero-order valence-corrected chi connectivity index (χ0v) is 13.9. The van der Waals surface area contributed by atoms with Gasteiger partial charge in [0.2, 0.25) is 0 Å². The van der Waals surface area contributed by atoms with Crippen LogP contribution in [0.4, 0.5) is 10.5 Å². The van der Waals surface area contributed by atoms with Crippen LogP contribution in [0.5, 0.6) is 0 Å². The molecule has 0 atom stereocenters. The number of nitrogens with one attached hydrogen (secondary N) is 2. The van der Waals surface area contributed by atoms with E-state index < -0.39 is 29.1 Å². The minimum absolute atomic E-state index is 0.230. The van der Waals surface area contributed by atoms with E-state index in [4.69, 9.17) is 9.84 Å². The topological polar surface area (TPSA) is 105 Å². The lowest BCUT2D eigenvalue weighted by atomic mass is 10.1. The van der Waals surface area contributed by atoms with Gasteiger partial charge in [-0.05, 0) is 52.8 Å². The van der Waals surface area contributed by atoms with E-state index in [2.05, 4.69) is 10.6 Å². The van der Waals surface area contributed by atoms with Gasteiger partial charge < -0.3 is 15.2 Å². The highest BCUT2D eigenvalue weighted by Gasteiger charge is 2.29. The molecule has 0 fully saturated rings. The monoisotopic (exact) mass is 322 g/mol. The fourth-order valence-electron chi connectivity index (χ4n) is 1.57. The van der Waals surface area contributed by atoms with Crippen LogP contribution < -0.4 is 10.6 Å². The molecule has 1 aromatic carbocycles. The van der Waals surface area contributed by atoms with E-state index >= 15 is 0 Å². The van der Waals surface area contributed by atoms with Crippen LogP contribution in [-0.2, 0) is 9.53 Å². The summed E-state index contributed by atoms with van der Waals surface area (Å²) in [7, 11) is 0. The minimum Gasteiger partial charge on any atom is -0.480 e. The molecule has 23 heavy (non-hydrogen) atoms. The second-order valence-corrected chi connectivity index (χ2v) is 6.59. The number of hydrogen-bond donors (Lipinski definition) is 3. The van der Waals surface area contributed by atoms with Gasteiger partial charge in [0.25, 0.3) is 5.91 Å². The van der Waals surface area contributed by atoms with E-state index in [-0.39, 0.29) is 5.56 Å². The van der Waals surface area contributed by atoms with Crippen LogP contribution in [0.15, 0.2) is 24.3 Å². The Labute approximate surface area is 135 Å². The minimum atomic E-state index is -1.40. The summed E-state index contributed by atoms with van der Waals surface area (Å²) < 4.78 is 5.13. The lowest BCUT2D eigenvalue weighted by Gasteiger charge is -2.21. The Balaban J connectivity index is 2.83. The molecule has 0 heterocycles. The number of carbonyl (C=O) groups excluding carboxylic acids is 2. The summed E-state index contributed by atoms with van der Waals surface area (Å²) in [6.45, 7) is 7.99. The summed E-state index contributed by atoms with van der Waals surface area (Å²) in [5.74, 6) is -1.70. The van der Waals surface area contributed by atoms with Crippen molar-refractivity contribution >= 4 is 23.7 Å². The maximum absolute atomic E-state index is 12.1. The Bertz CT molecular complexity index is 617. The van der Waals surface area contributed by atoms with Crippen molar-refractivity contribution in [3.8, 4) is 0 Å². The fraction of sp³-hybridized carbons (Fsp3) is 0.438. The summed E-state index contributed by atoms with van der Waals surface area (Å²) >= 11 is 0. The average molecular weight is 322 g/mol. The molecular formula is C16H22N2O5. The normalized spacial score (nSPS) is 11.5. The smallest absolute Gasteiger partial charge is 0.412 e. The first kappa shape index (κ1) is 18.5. The van der Waals surface area contributed by atoms with Crippen molar-refractivity contribution in [2.24, 2.45) is 0 Å². The number of carboxylic acid groups (broad SMARTS) is 1. The van der Waals surface area contributed by atoms with Gasteiger partial charge in [0.1, 0.15) is 11.1 Å². The first-order valence-corrected chi connectivity index (χ1v) is 7.07. The molecule has 0 radical (unpaired) electrons. The molecule has 0 bridgehead atoms. The van der Waals surface area contributed by atoms with E-state index in [1.165, 1.54) is 26.0 Å². The van der Waals surface area contributed by atoms with Crippen LogP contribution in [0.3, 0.4) is 0 Å². The number of carbonyl (C=O) groups is 3. The van der Waals surface area contributed by atoms with Gasteiger partial charge in [0, 0.05) is 11.3 Å². The van der Waals surface area contributed by atoms with Crippen LogP contribution in [0.2, 0.25) is 0 Å². The van der Waals surface area contributed by atoms with Crippen LogP contribution in [0.25, 0.3) is 0 Å². The third-order valence-corrected chi connectivity index (χ3v) is 2.73. The highest BCUT2D eigenvalue weighted by molar-refractivity contribution is 5.99. The molecule has 0 saturated carbocycles. The quantitative estimate of drug-likeness (QED) is 0.790. The van der Waals surface area contributed by atoms with E-state index in [1.54, 1.807) is 32.9 Å². The SMILES string of the molecule is CC(C)(C)OC(=O)Nc1cccc(C(=O)NC(C)(C)C(=O)O)c1. The number of amides is 2. The number of benzene rings is 1. The van der Waals surface area contributed by atoms with Crippen molar-refractivity contribution in [3.63, 3.8) is 0 Å². The molecule has 1 rings (SSSR count). The highest BCUT2D eigenvalue weighted by Crippen LogP contribution is 2.14. The van der Waals surface area contributed by atoms with E-state index in [0.29, 0.717) is 5.69 Å². The molecule has 0 aliphatic carbocycles. The van der Waals surface area contributed by atoms with E-state index in [9.17, 15) is 14.4 Å². The number of anilines is 1. The molecule has 0 unspecified atom stereocenters. The van der Waals surface area contributed by atoms with E-state index in [0.717, 1.165) is 0 Å². The number of aliphatic carboxylic acids is 1. The number of ether oxygens (including phenoxy) is 1. The number of rotatable bonds is 4. The largest absolute Gasteiger partial charge is 0.480 e. The zero-order valence-electron chi connectivity index (χ0n) is 13.9. The van der Waals surface area contributed by atoms with Gasteiger partial charge in [-0.1, -0.05) is 6.07 Å². The van der Waals surface area contributed by atoms with Crippen molar-refractivity contribution < 1.29 is 24.2 Å². The van der Waals surface area contributed by atoms with Crippen LogP contribution in [0.1, 0.15) is 45.0 Å². The Morgan fingerprint density at radius 1 is 1.09 bits per heavy atom. The van der Waals surface area contributed by atoms with Crippen molar-refractivity contribution in [1.82, 2.24) is 5.32 Å². The number of hydrogen-bond acceptors (Lipinski definition) is 4. The Hall–Kier alpha value is -2.57. The molecule has 3 N–H and O–H groups in total. The van der Waals surface area contributed by atoms with Gasteiger partial charge in [-0.3, -0.25) is 10.1 Å². The van der Waals surface area contributed by atoms with Crippen molar-refractivity contribution in [2.75, 3.05) is 5.32 Å². The van der Waals surface area contributed by atoms with Crippen LogP contribution >= 0.6 is 0 Å². The molecule has 0 aromatic heterocycles. The standard InChI is InChI=1S/C16H22N2O5/c1-15(2,3)23-14(22)17-11-8-6-7-10(9-11)12(19)18-16(4,5)13(20)21/h6-9H,1-5H3,(H,17,22)(H,18,19)(H,20,21). The van der Waals surface area contributed by atoms with Gasteiger partial charge in [-0.25, -0.2) is 9.59 Å². The summed E-state index contributed by atoms with van der Waals surface area (Å²) in [6, 6.07) is 6.14. The third kappa shape index (κ3) is 5.98. The molecule has 126 valence electrons. The molecule has 7 nitrogen and oxygen atoms in total.